The topological polar surface area (TPSA) is 83.8 Å². The molecule has 0 unspecified atom stereocenters. The van der Waals surface area contributed by atoms with Crippen LogP contribution in [0.15, 0.2) is 72.3 Å². The molecule has 0 aliphatic carbocycles. The van der Waals surface area contributed by atoms with Crippen LogP contribution in [0.4, 0.5) is 0 Å². The molecule has 0 radical (unpaired) electrons. The number of carbonyl (C=O) groups is 2. The van der Waals surface area contributed by atoms with E-state index in [2.05, 4.69) is 0 Å². The van der Waals surface area contributed by atoms with Gasteiger partial charge in [-0.25, -0.2) is 9.59 Å². The fourth-order valence-electron chi connectivity index (χ4n) is 2.57. The van der Waals surface area contributed by atoms with Crippen molar-refractivity contribution in [3.8, 4) is 5.75 Å². The van der Waals surface area contributed by atoms with E-state index in [0.717, 1.165) is 10.8 Å². The van der Waals surface area contributed by atoms with E-state index in [0.29, 0.717) is 11.3 Å². The molecule has 3 aromatic carbocycles. The Morgan fingerprint density at radius 1 is 0.885 bits per heavy atom. The lowest BCUT2D eigenvalue weighted by Gasteiger charge is -2.10. The summed E-state index contributed by atoms with van der Waals surface area (Å²) < 4.78 is 5.73. The average Bonchev–Trinajstić information content (AvgIpc) is 2.65. The molecule has 0 aliphatic rings. The van der Waals surface area contributed by atoms with Crippen LogP contribution < -0.4 is 4.74 Å². The van der Waals surface area contributed by atoms with Crippen LogP contribution >= 0.6 is 0 Å². The van der Waals surface area contributed by atoms with Crippen molar-refractivity contribution in [3.63, 3.8) is 0 Å². The number of benzene rings is 3. The number of aromatic carboxylic acids is 1. The van der Waals surface area contributed by atoms with Gasteiger partial charge in [0.15, 0.2) is 0 Å². The number of ether oxygens (including phenoxy) is 1. The zero-order valence-electron chi connectivity index (χ0n) is 13.8. The maximum Gasteiger partial charge on any atom is 0.335 e. The molecular weight excluding hydrogens is 332 g/mol. The second kappa shape index (κ2) is 7.53. The predicted octanol–water partition coefficient (Wildman–Crippen LogP) is 4.09. The second-order valence-corrected chi connectivity index (χ2v) is 5.67. The van der Waals surface area contributed by atoms with Crippen LogP contribution in [0.5, 0.6) is 5.75 Å². The normalized spacial score (nSPS) is 11.3. The first kappa shape index (κ1) is 17.2. The number of fused-ring (bicyclic) bond motifs is 1. The molecule has 3 aromatic rings. The molecular formula is C21H16O5. The Labute approximate surface area is 149 Å². The minimum Gasteiger partial charge on any atom is -0.488 e. The van der Waals surface area contributed by atoms with Crippen LogP contribution in [0.1, 0.15) is 15.9 Å². The van der Waals surface area contributed by atoms with E-state index in [-0.39, 0.29) is 17.7 Å². The van der Waals surface area contributed by atoms with Gasteiger partial charge in [0.25, 0.3) is 0 Å². The first-order valence-electron chi connectivity index (χ1n) is 7.92. The standard InChI is InChI=1S/C21H16O5/c22-20(23)16-10-8-14(9-11-16)12-17(21(24)25)13-26-19-7-3-5-15-4-1-2-6-18(15)19/h1-12H,13H2,(H,22,23)(H,24,25). The Morgan fingerprint density at radius 3 is 2.27 bits per heavy atom. The SMILES string of the molecule is O=C(O)C(=Cc1ccc(C(=O)O)cc1)COc1cccc2ccccc12. The second-order valence-electron chi connectivity index (χ2n) is 5.67. The van der Waals surface area contributed by atoms with Crippen LogP contribution in [0.25, 0.3) is 16.8 Å². The number of carboxylic acids is 2. The lowest BCUT2D eigenvalue weighted by Crippen LogP contribution is -2.10. The highest BCUT2D eigenvalue weighted by Crippen LogP contribution is 2.25. The molecule has 3 rings (SSSR count). The van der Waals surface area contributed by atoms with Gasteiger partial charge in [-0.2, -0.15) is 0 Å². The fraction of sp³-hybridized carbons (Fsp3) is 0.0476. The van der Waals surface area contributed by atoms with E-state index in [1.165, 1.54) is 18.2 Å². The molecule has 0 bridgehead atoms. The van der Waals surface area contributed by atoms with Gasteiger partial charge in [0.2, 0.25) is 0 Å². The van der Waals surface area contributed by atoms with Gasteiger partial charge in [0, 0.05) is 5.39 Å². The van der Waals surface area contributed by atoms with E-state index < -0.39 is 11.9 Å². The van der Waals surface area contributed by atoms with Gasteiger partial charge >= 0.3 is 11.9 Å². The van der Waals surface area contributed by atoms with E-state index in [1.54, 1.807) is 18.2 Å². The first-order chi connectivity index (χ1) is 12.5. The van der Waals surface area contributed by atoms with Crippen molar-refractivity contribution >= 4 is 28.8 Å². The van der Waals surface area contributed by atoms with E-state index in [4.69, 9.17) is 9.84 Å². The van der Waals surface area contributed by atoms with Gasteiger partial charge in [-0.15, -0.1) is 0 Å². The largest absolute Gasteiger partial charge is 0.488 e. The van der Waals surface area contributed by atoms with E-state index >= 15 is 0 Å². The highest BCUT2D eigenvalue weighted by molar-refractivity contribution is 5.93. The average molecular weight is 348 g/mol. The van der Waals surface area contributed by atoms with E-state index in [9.17, 15) is 14.7 Å². The van der Waals surface area contributed by atoms with E-state index in [1.807, 2.05) is 36.4 Å². The van der Waals surface area contributed by atoms with Crippen LogP contribution in [0, 0.1) is 0 Å². The molecule has 0 saturated heterocycles. The van der Waals surface area contributed by atoms with Gasteiger partial charge in [-0.1, -0.05) is 48.5 Å². The summed E-state index contributed by atoms with van der Waals surface area (Å²) in [6.07, 6.45) is 1.47. The summed E-state index contributed by atoms with van der Waals surface area (Å²) in [7, 11) is 0. The summed E-state index contributed by atoms with van der Waals surface area (Å²) in [5, 5.41) is 20.3. The number of carboxylic acid groups (broad SMARTS) is 2. The quantitative estimate of drug-likeness (QED) is 0.656. The Balaban J connectivity index is 1.82. The van der Waals surface area contributed by atoms with Crippen molar-refractivity contribution < 1.29 is 24.5 Å². The number of hydrogen-bond acceptors (Lipinski definition) is 3. The Kier molecular flexibility index (Phi) is 4.99. The lowest BCUT2D eigenvalue weighted by atomic mass is 10.1. The monoisotopic (exact) mass is 348 g/mol. The van der Waals surface area contributed by atoms with Crippen molar-refractivity contribution in [3.05, 3.63) is 83.4 Å². The Bertz CT molecular complexity index is 981. The predicted molar refractivity (Wildman–Crippen MR) is 98.5 cm³/mol. The zero-order valence-corrected chi connectivity index (χ0v) is 13.8. The highest BCUT2D eigenvalue weighted by Gasteiger charge is 2.10. The van der Waals surface area contributed by atoms with Crippen molar-refractivity contribution in [2.45, 2.75) is 0 Å². The highest BCUT2D eigenvalue weighted by atomic mass is 16.5. The minimum absolute atomic E-state index is 0.0704. The van der Waals surface area contributed by atoms with Gasteiger partial charge in [0.05, 0.1) is 11.1 Å². The van der Waals surface area contributed by atoms with Crippen LogP contribution in [0.3, 0.4) is 0 Å². The maximum absolute atomic E-state index is 11.5. The Hall–Kier alpha value is -3.60. The Morgan fingerprint density at radius 2 is 1.58 bits per heavy atom. The molecule has 0 fully saturated rings. The maximum atomic E-state index is 11.5. The third-order valence-corrected chi connectivity index (χ3v) is 3.91. The van der Waals surface area contributed by atoms with Gasteiger partial charge in [-0.3, -0.25) is 0 Å². The van der Waals surface area contributed by atoms with Crippen LogP contribution in [0.2, 0.25) is 0 Å². The third kappa shape index (κ3) is 3.89. The fourth-order valence-corrected chi connectivity index (χ4v) is 2.57. The smallest absolute Gasteiger partial charge is 0.335 e. The molecule has 5 nitrogen and oxygen atoms in total. The molecule has 0 aliphatic heterocycles. The van der Waals surface area contributed by atoms with Crippen LogP contribution in [-0.4, -0.2) is 28.8 Å². The molecule has 5 heteroatoms. The molecule has 130 valence electrons. The number of hydrogen-bond donors (Lipinski definition) is 2. The summed E-state index contributed by atoms with van der Waals surface area (Å²) in [4.78, 5) is 22.4. The molecule has 2 N–H and O–H groups in total. The first-order valence-corrected chi connectivity index (χ1v) is 7.92. The molecule has 0 aromatic heterocycles. The summed E-state index contributed by atoms with van der Waals surface area (Å²) in [5.74, 6) is -1.51. The molecule has 26 heavy (non-hydrogen) atoms. The summed E-state index contributed by atoms with van der Waals surface area (Å²) >= 11 is 0. The molecule has 0 spiro atoms. The third-order valence-electron chi connectivity index (χ3n) is 3.91. The van der Waals surface area contributed by atoms with Gasteiger partial charge in [-0.05, 0) is 35.2 Å². The van der Waals surface area contributed by atoms with Crippen molar-refractivity contribution in [2.75, 3.05) is 6.61 Å². The van der Waals surface area contributed by atoms with Gasteiger partial charge < -0.3 is 14.9 Å². The van der Waals surface area contributed by atoms with Gasteiger partial charge in [0.1, 0.15) is 12.4 Å². The molecule has 0 saturated carbocycles. The molecule has 0 amide bonds. The zero-order chi connectivity index (χ0) is 18.5. The van der Waals surface area contributed by atoms with Crippen molar-refractivity contribution in [1.29, 1.82) is 0 Å². The number of rotatable bonds is 6. The molecule has 0 heterocycles. The lowest BCUT2D eigenvalue weighted by molar-refractivity contribution is -0.132. The summed E-state index contributed by atoms with van der Waals surface area (Å²) in [6.45, 7) is -0.107. The van der Waals surface area contributed by atoms with Crippen LogP contribution in [-0.2, 0) is 4.79 Å². The molecule has 0 atom stereocenters. The minimum atomic E-state index is -1.09. The summed E-state index contributed by atoms with van der Waals surface area (Å²) in [5.41, 5.74) is 0.806. The summed E-state index contributed by atoms with van der Waals surface area (Å²) in [6, 6.07) is 19.3. The number of aliphatic carboxylic acids is 1. The van der Waals surface area contributed by atoms with Crippen molar-refractivity contribution in [2.24, 2.45) is 0 Å². The van der Waals surface area contributed by atoms with Crippen molar-refractivity contribution in [1.82, 2.24) is 0 Å².